The van der Waals surface area contributed by atoms with Crippen LogP contribution in [-0.4, -0.2) is 23.0 Å². The van der Waals surface area contributed by atoms with Gasteiger partial charge in [-0.05, 0) is 24.6 Å². The Hall–Kier alpha value is -2.99. The first-order chi connectivity index (χ1) is 13.1. The molecule has 6 nitrogen and oxygen atoms in total. The van der Waals surface area contributed by atoms with Crippen LogP contribution >= 0.6 is 0 Å². The molecule has 0 unspecified atom stereocenters. The van der Waals surface area contributed by atoms with Crippen molar-refractivity contribution in [1.82, 2.24) is 0 Å². The maximum Gasteiger partial charge on any atom is 0.373 e. The van der Waals surface area contributed by atoms with E-state index >= 15 is 0 Å². The van der Waals surface area contributed by atoms with Gasteiger partial charge in [-0.15, -0.1) is 0 Å². The van der Waals surface area contributed by atoms with Crippen LogP contribution in [0.2, 0.25) is 0 Å². The Labute approximate surface area is 157 Å². The highest BCUT2D eigenvalue weighted by Gasteiger charge is 2.22. The molecule has 6 heteroatoms. The van der Waals surface area contributed by atoms with Gasteiger partial charge in [0, 0.05) is 12.0 Å². The molecule has 0 saturated carbocycles. The topological polar surface area (TPSA) is 89.9 Å². The van der Waals surface area contributed by atoms with Gasteiger partial charge < -0.3 is 4.74 Å². The van der Waals surface area contributed by atoms with Gasteiger partial charge in [-0.25, -0.2) is 4.79 Å². The minimum absolute atomic E-state index is 0.0444. The molecule has 0 aliphatic heterocycles. The fraction of sp³-hybridized carbons (Fsp3) is 0.286. The average Bonchev–Trinajstić information content (AvgIpc) is 2.70. The number of esters is 1. The first kappa shape index (κ1) is 20.3. The van der Waals surface area contributed by atoms with Crippen molar-refractivity contribution in [2.24, 2.45) is 0 Å². The van der Waals surface area contributed by atoms with Crippen molar-refractivity contribution in [3.63, 3.8) is 0 Å². The smallest absolute Gasteiger partial charge is 0.373 e. The van der Waals surface area contributed by atoms with Gasteiger partial charge in [0.05, 0.1) is 11.1 Å². The van der Waals surface area contributed by atoms with Gasteiger partial charge in [-0.1, -0.05) is 56.5 Å². The van der Waals surface area contributed by atoms with Crippen molar-refractivity contribution in [2.45, 2.75) is 39.0 Å². The first-order valence-electron chi connectivity index (χ1n) is 8.87. The molecule has 27 heavy (non-hydrogen) atoms. The standard InChI is InChI=1S/C21H22O6/c1-2-3-4-5-14-19(22)26-18-13-9-8-12-17(18)20(23)15-10-6-7-11-16(15)21(24)27-25/h6-13,25H,2-5,14H2,1H3. The fourth-order valence-electron chi connectivity index (χ4n) is 2.67. The van der Waals surface area contributed by atoms with Crippen LogP contribution in [0.4, 0.5) is 0 Å². The molecule has 0 atom stereocenters. The van der Waals surface area contributed by atoms with E-state index in [0.717, 1.165) is 25.7 Å². The van der Waals surface area contributed by atoms with Gasteiger partial charge in [0.25, 0.3) is 0 Å². The first-order valence-corrected chi connectivity index (χ1v) is 8.87. The third-order valence-corrected chi connectivity index (χ3v) is 4.06. The lowest BCUT2D eigenvalue weighted by atomic mass is 9.98. The molecule has 142 valence electrons. The monoisotopic (exact) mass is 370 g/mol. The molecule has 0 fully saturated rings. The van der Waals surface area contributed by atoms with E-state index in [1.54, 1.807) is 24.3 Å². The molecule has 1 N–H and O–H groups in total. The normalized spacial score (nSPS) is 10.3. The molecule has 0 spiro atoms. The van der Waals surface area contributed by atoms with Crippen LogP contribution in [-0.2, 0) is 9.68 Å². The second-order valence-electron chi connectivity index (χ2n) is 6.03. The SMILES string of the molecule is CCCCCCC(=O)Oc1ccccc1C(=O)c1ccccc1C(=O)OO. The van der Waals surface area contributed by atoms with Gasteiger partial charge in [-0.3, -0.25) is 14.5 Å². The third kappa shape index (κ3) is 5.49. The van der Waals surface area contributed by atoms with Crippen molar-refractivity contribution < 1.29 is 29.3 Å². The molecule has 0 bridgehead atoms. The highest BCUT2D eigenvalue weighted by Crippen LogP contribution is 2.24. The van der Waals surface area contributed by atoms with Crippen LogP contribution in [0.25, 0.3) is 0 Å². The predicted octanol–water partition coefficient (Wildman–Crippen LogP) is 4.42. The Morgan fingerprint density at radius 2 is 1.48 bits per heavy atom. The zero-order valence-electron chi connectivity index (χ0n) is 15.1. The van der Waals surface area contributed by atoms with E-state index in [1.165, 1.54) is 24.3 Å². The number of benzene rings is 2. The minimum Gasteiger partial charge on any atom is -0.426 e. The molecule has 0 saturated heterocycles. The van der Waals surface area contributed by atoms with Gasteiger partial charge in [-0.2, -0.15) is 5.26 Å². The van der Waals surface area contributed by atoms with Gasteiger partial charge in [0.2, 0.25) is 0 Å². The molecule has 2 aromatic rings. The van der Waals surface area contributed by atoms with E-state index in [0.29, 0.717) is 0 Å². The summed E-state index contributed by atoms with van der Waals surface area (Å²) in [6.07, 6.45) is 4.08. The Kier molecular flexibility index (Phi) is 7.70. The maximum absolute atomic E-state index is 12.9. The Morgan fingerprint density at radius 3 is 2.15 bits per heavy atom. The number of rotatable bonds is 9. The van der Waals surface area contributed by atoms with Gasteiger partial charge in [0.1, 0.15) is 5.75 Å². The molecule has 0 aliphatic carbocycles. The molecule has 0 aliphatic rings. The quantitative estimate of drug-likeness (QED) is 0.175. The second-order valence-corrected chi connectivity index (χ2v) is 6.03. The predicted molar refractivity (Wildman–Crippen MR) is 98.8 cm³/mol. The highest BCUT2D eigenvalue weighted by molar-refractivity contribution is 6.15. The van der Waals surface area contributed by atoms with Crippen LogP contribution in [0, 0.1) is 0 Å². The van der Waals surface area contributed by atoms with E-state index < -0.39 is 17.7 Å². The Balaban J connectivity index is 2.22. The largest absolute Gasteiger partial charge is 0.426 e. The molecule has 0 radical (unpaired) electrons. The van der Waals surface area contributed by atoms with Crippen LogP contribution in [0.5, 0.6) is 5.75 Å². The summed E-state index contributed by atoms with van der Waals surface area (Å²) < 4.78 is 5.37. The number of ether oxygens (including phenoxy) is 1. The molecule has 0 amide bonds. The van der Waals surface area contributed by atoms with Crippen LogP contribution in [0.15, 0.2) is 48.5 Å². The summed E-state index contributed by atoms with van der Waals surface area (Å²) in [5, 5.41) is 8.63. The van der Waals surface area contributed by atoms with Crippen molar-refractivity contribution in [2.75, 3.05) is 0 Å². The summed E-state index contributed by atoms with van der Waals surface area (Å²) >= 11 is 0. The number of carbonyl (C=O) groups is 3. The fourth-order valence-corrected chi connectivity index (χ4v) is 2.67. The lowest BCUT2D eigenvalue weighted by molar-refractivity contribution is -0.182. The molecule has 0 heterocycles. The average molecular weight is 370 g/mol. The summed E-state index contributed by atoms with van der Waals surface area (Å²) in [6.45, 7) is 2.09. The molecule has 2 rings (SSSR count). The zero-order valence-corrected chi connectivity index (χ0v) is 15.1. The lowest BCUT2D eigenvalue weighted by Crippen LogP contribution is -2.14. The lowest BCUT2D eigenvalue weighted by Gasteiger charge is -2.11. The van der Waals surface area contributed by atoms with Crippen LogP contribution < -0.4 is 4.74 Å². The highest BCUT2D eigenvalue weighted by atomic mass is 17.1. The minimum atomic E-state index is -1.04. The number of ketones is 1. The summed E-state index contributed by atoms with van der Waals surface area (Å²) in [5.74, 6) is -1.82. The Bertz CT molecular complexity index is 812. The van der Waals surface area contributed by atoms with E-state index in [9.17, 15) is 14.4 Å². The van der Waals surface area contributed by atoms with Gasteiger partial charge >= 0.3 is 11.9 Å². The number of hydrogen-bond donors (Lipinski definition) is 1. The molecule has 0 aromatic heterocycles. The van der Waals surface area contributed by atoms with E-state index in [4.69, 9.17) is 9.99 Å². The summed E-state index contributed by atoms with van der Waals surface area (Å²) in [7, 11) is 0. The third-order valence-electron chi connectivity index (χ3n) is 4.06. The van der Waals surface area contributed by atoms with Crippen molar-refractivity contribution in [3.05, 3.63) is 65.2 Å². The number of unbranched alkanes of at least 4 members (excludes halogenated alkanes) is 3. The summed E-state index contributed by atoms with van der Waals surface area (Å²) in [5.41, 5.74) is 0.117. The van der Waals surface area contributed by atoms with E-state index in [1.807, 2.05) is 0 Å². The Morgan fingerprint density at radius 1 is 0.852 bits per heavy atom. The van der Waals surface area contributed by atoms with Crippen molar-refractivity contribution in [3.8, 4) is 5.75 Å². The van der Waals surface area contributed by atoms with E-state index in [2.05, 4.69) is 11.8 Å². The van der Waals surface area contributed by atoms with Crippen LogP contribution in [0.3, 0.4) is 0 Å². The molecule has 2 aromatic carbocycles. The van der Waals surface area contributed by atoms with E-state index in [-0.39, 0.29) is 28.9 Å². The van der Waals surface area contributed by atoms with Crippen molar-refractivity contribution in [1.29, 1.82) is 0 Å². The number of carbonyl (C=O) groups excluding carboxylic acids is 3. The van der Waals surface area contributed by atoms with Crippen molar-refractivity contribution >= 4 is 17.7 Å². The molecular weight excluding hydrogens is 348 g/mol. The van der Waals surface area contributed by atoms with Gasteiger partial charge in [0.15, 0.2) is 5.78 Å². The van der Waals surface area contributed by atoms with Crippen LogP contribution in [0.1, 0.15) is 65.3 Å². The molecular formula is C21H22O6. The summed E-state index contributed by atoms with van der Waals surface area (Å²) in [6, 6.07) is 12.3. The maximum atomic E-state index is 12.9. The number of hydrogen-bond acceptors (Lipinski definition) is 6. The zero-order chi connectivity index (χ0) is 19.6. The second kappa shape index (κ2) is 10.2. The number of para-hydroxylation sites is 1. The summed E-state index contributed by atoms with van der Waals surface area (Å²) in [4.78, 5) is 40.4.